The van der Waals surface area contributed by atoms with Crippen molar-refractivity contribution in [2.45, 2.75) is 40.0 Å². The molecule has 0 unspecified atom stereocenters. The zero-order valence-electron chi connectivity index (χ0n) is 8.11. The van der Waals surface area contributed by atoms with Crippen LogP contribution in [0.3, 0.4) is 0 Å². The van der Waals surface area contributed by atoms with Crippen molar-refractivity contribution in [1.29, 1.82) is 0 Å². The van der Waals surface area contributed by atoms with Crippen LogP contribution in [0.4, 0.5) is 0 Å². The van der Waals surface area contributed by atoms with Crippen LogP contribution < -0.4 is 0 Å². The van der Waals surface area contributed by atoms with Crippen LogP contribution in [0.1, 0.15) is 40.0 Å². The molecular formula is C11H16O. The van der Waals surface area contributed by atoms with Crippen LogP contribution in [0, 0.1) is 0 Å². The normalized spacial score (nSPS) is 18.6. The zero-order valence-corrected chi connectivity index (χ0v) is 8.11. The Balaban J connectivity index is 3.07. The van der Waals surface area contributed by atoms with E-state index in [2.05, 4.69) is 20.8 Å². The molecule has 0 heterocycles. The summed E-state index contributed by atoms with van der Waals surface area (Å²) in [4.78, 5) is 10.7. The van der Waals surface area contributed by atoms with Crippen molar-refractivity contribution >= 4 is 6.29 Å². The smallest absolute Gasteiger partial charge is 0.146 e. The quantitative estimate of drug-likeness (QED) is 0.573. The van der Waals surface area contributed by atoms with E-state index in [0.717, 1.165) is 31.1 Å². The first-order valence-corrected chi connectivity index (χ1v) is 4.54. The monoisotopic (exact) mass is 164 g/mol. The number of hydrogen-bond donors (Lipinski definition) is 0. The largest absolute Gasteiger partial charge is 0.298 e. The lowest BCUT2D eigenvalue weighted by atomic mass is 9.86. The zero-order chi connectivity index (χ0) is 9.14. The Hall–Kier alpha value is -0.850. The maximum absolute atomic E-state index is 10.7. The Bertz CT molecular complexity index is 256. The predicted octanol–water partition coefficient (Wildman–Crippen LogP) is 3.02. The molecule has 0 N–H and O–H groups in total. The molecule has 12 heavy (non-hydrogen) atoms. The number of allylic oxidation sites excluding steroid dienone is 4. The van der Waals surface area contributed by atoms with Gasteiger partial charge >= 0.3 is 0 Å². The molecule has 0 bridgehead atoms. The lowest BCUT2D eigenvalue weighted by molar-refractivity contribution is -0.105. The van der Waals surface area contributed by atoms with E-state index < -0.39 is 0 Å². The highest BCUT2D eigenvalue weighted by atomic mass is 16.1. The third-order valence-corrected chi connectivity index (χ3v) is 2.71. The van der Waals surface area contributed by atoms with Gasteiger partial charge in [0.25, 0.3) is 0 Å². The molecular weight excluding hydrogens is 148 g/mol. The molecule has 1 nitrogen and oxygen atoms in total. The Labute approximate surface area is 74.2 Å². The average Bonchev–Trinajstić information content (AvgIpc) is 2.06. The van der Waals surface area contributed by atoms with Gasteiger partial charge < -0.3 is 0 Å². The Morgan fingerprint density at radius 1 is 1.33 bits per heavy atom. The summed E-state index contributed by atoms with van der Waals surface area (Å²) >= 11 is 0. The Morgan fingerprint density at radius 2 is 2.00 bits per heavy atom. The highest BCUT2D eigenvalue weighted by Gasteiger charge is 2.13. The summed E-state index contributed by atoms with van der Waals surface area (Å²) in [6, 6.07) is 0. The molecule has 0 radical (unpaired) electrons. The number of rotatable bonds is 2. The molecule has 0 aliphatic heterocycles. The maximum atomic E-state index is 10.7. The van der Waals surface area contributed by atoms with E-state index in [1.165, 1.54) is 16.7 Å². The molecule has 0 aromatic carbocycles. The molecule has 0 fully saturated rings. The third-order valence-electron chi connectivity index (χ3n) is 2.71. The van der Waals surface area contributed by atoms with E-state index in [1.54, 1.807) is 0 Å². The van der Waals surface area contributed by atoms with Gasteiger partial charge in [-0.2, -0.15) is 0 Å². The van der Waals surface area contributed by atoms with E-state index >= 15 is 0 Å². The van der Waals surface area contributed by atoms with Crippen molar-refractivity contribution in [1.82, 2.24) is 0 Å². The minimum Gasteiger partial charge on any atom is -0.298 e. The van der Waals surface area contributed by atoms with E-state index in [1.807, 2.05) is 0 Å². The minimum absolute atomic E-state index is 0.935. The molecule has 1 rings (SSSR count). The Morgan fingerprint density at radius 3 is 2.50 bits per heavy atom. The first-order chi connectivity index (χ1) is 5.70. The molecule has 0 saturated carbocycles. The van der Waals surface area contributed by atoms with Gasteiger partial charge in [0.15, 0.2) is 0 Å². The molecule has 1 aliphatic carbocycles. The molecule has 0 aromatic rings. The van der Waals surface area contributed by atoms with Gasteiger partial charge in [-0.25, -0.2) is 0 Å². The first kappa shape index (κ1) is 9.24. The second kappa shape index (κ2) is 3.70. The topological polar surface area (TPSA) is 17.1 Å². The number of carbonyl (C=O) groups excluding carboxylic acids is 1. The van der Waals surface area contributed by atoms with Crippen LogP contribution in [-0.4, -0.2) is 6.29 Å². The van der Waals surface area contributed by atoms with Crippen LogP contribution in [0.25, 0.3) is 0 Å². The predicted molar refractivity (Wildman–Crippen MR) is 51.0 cm³/mol. The summed E-state index contributed by atoms with van der Waals surface area (Å²) < 4.78 is 0. The molecule has 0 spiro atoms. The molecule has 0 aromatic heterocycles. The van der Waals surface area contributed by atoms with E-state index in [-0.39, 0.29) is 0 Å². The van der Waals surface area contributed by atoms with Crippen LogP contribution >= 0.6 is 0 Å². The third kappa shape index (κ3) is 1.50. The second-order valence-corrected chi connectivity index (χ2v) is 3.38. The summed E-state index contributed by atoms with van der Waals surface area (Å²) in [6.45, 7) is 6.38. The molecule has 0 atom stereocenters. The van der Waals surface area contributed by atoms with Crippen molar-refractivity contribution in [3.8, 4) is 0 Å². The van der Waals surface area contributed by atoms with Crippen LogP contribution in [0.5, 0.6) is 0 Å². The van der Waals surface area contributed by atoms with Crippen LogP contribution in [0.15, 0.2) is 22.3 Å². The van der Waals surface area contributed by atoms with Crippen LogP contribution in [-0.2, 0) is 4.79 Å². The summed E-state index contributed by atoms with van der Waals surface area (Å²) in [6.07, 6.45) is 4.06. The van der Waals surface area contributed by atoms with Gasteiger partial charge in [0, 0.05) is 0 Å². The van der Waals surface area contributed by atoms with Gasteiger partial charge in [0.2, 0.25) is 0 Å². The minimum atomic E-state index is 0.935. The van der Waals surface area contributed by atoms with Crippen molar-refractivity contribution in [3.63, 3.8) is 0 Å². The fourth-order valence-electron chi connectivity index (χ4n) is 1.89. The first-order valence-electron chi connectivity index (χ1n) is 4.54. The van der Waals surface area contributed by atoms with Gasteiger partial charge in [0.05, 0.1) is 0 Å². The Kier molecular flexibility index (Phi) is 2.85. The fraction of sp³-hybridized carbons (Fsp3) is 0.545. The summed E-state index contributed by atoms with van der Waals surface area (Å²) in [7, 11) is 0. The maximum Gasteiger partial charge on any atom is 0.146 e. The van der Waals surface area contributed by atoms with Crippen LogP contribution in [0.2, 0.25) is 0 Å². The lowest BCUT2D eigenvalue weighted by Crippen LogP contribution is -2.03. The summed E-state index contributed by atoms with van der Waals surface area (Å²) in [5.74, 6) is 0. The van der Waals surface area contributed by atoms with Gasteiger partial charge in [0.1, 0.15) is 6.29 Å². The van der Waals surface area contributed by atoms with E-state index in [4.69, 9.17) is 0 Å². The average molecular weight is 164 g/mol. The second-order valence-electron chi connectivity index (χ2n) is 3.38. The molecule has 1 heteroatoms. The van der Waals surface area contributed by atoms with Crippen molar-refractivity contribution in [2.24, 2.45) is 0 Å². The number of carbonyl (C=O) groups is 1. The van der Waals surface area contributed by atoms with Crippen molar-refractivity contribution < 1.29 is 4.79 Å². The number of hydrogen-bond acceptors (Lipinski definition) is 1. The van der Waals surface area contributed by atoms with Crippen molar-refractivity contribution in [3.05, 3.63) is 22.3 Å². The summed E-state index contributed by atoms with van der Waals surface area (Å²) in [5, 5.41) is 0. The highest BCUT2D eigenvalue weighted by Crippen LogP contribution is 2.30. The molecule has 66 valence electrons. The number of aldehydes is 1. The van der Waals surface area contributed by atoms with Gasteiger partial charge in [-0.3, -0.25) is 4.79 Å². The van der Waals surface area contributed by atoms with Crippen molar-refractivity contribution in [2.75, 3.05) is 0 Å². The van der Waals surface area contributed by atoms with Gasteiger partial charge in [-0.15, -0.1) is 0 Å². The molecule has 0 saturated heterocycles. The molecule has 0 amide bonds. The SMILES string of the molecule is CCC1=C(C)CCC(C=O)=C1C. The fourth-order valence-corrected chi connectivity index (χ4v) is 1.89. The van der Waals surface area contributed by atoms with Gasteiger partial charge in [-0.1, -0.05) is 12.5 Å². The standard InChI is InChI=1S/C11H16O/c1-4-11-8(2)5-6-10(7-12)9(11)3/h7H,4-6H2,1-3H3. The molecule has 1 aliphatic rings. The highest BCUT2D eigenvalue weighted by molar-refractivity contribution is 5.77. The lowest BCUT2D eigenvalue weighted by Gasteiger charge is -2.19. The van der Waals surface area contributed by atoms with Gasteiger partial charge in [-0.05, 0) is 49.8 Å². The van der Waals surface area contributed by atoms with E-state index in [9.17, 15) is 4.79 Å². The summed E-state index contributed by atoms with van der Waals surface area (Å²) in [5.41, 5.74) is 5.07. The van der Waals surface area contributed by atoms with E-state index in [0.29, 0.717) is 0 Å².